The van der Waals surface area contributed by atoms with Gasteiger partial charge in [-0.25, -0.2) is 0 Å². The van der Waals surface area contributed by atoms with Crippen LogP contribution in [-0.2, 0) is 0 Å². The first-order chi connectivity index (χ1) is 9.47. The fourth-order valence-electron chi connectivity index (χ4n) is 1.76. The van der Waals surface area contributed by atoms with Crippen molar-refractivity contribution >= 4 is 5.91 Å². The van der Waals surface area contributed by atoms with Gasteiger partial charge in [-0.2, -0.15) is 14.0 Å². The number of alkyl halides is 2. The Morgan fingerprint density at radius 2 is 2.05 bits per heavy atom. The molecule has 1 rings (SSSR count). The van der Waals surface area contributed by atoms with Gasteiger partial charge in [-0.05, 0) is 26.0 Å². The molecule has 20 heavy (non-hydrogen) atoms. The van der Waals surface area contributed by atoms with Gasteiger partial charge in [0, 0.05) is 12.6 Å². The predicted octanol–water partition coefficient (Wildman–Crippen LogP) is 3.05. The molecule has 0 saturated heterocycles. The summed E-state index contributed by atoms with van der Waals surface area (Å²) in [5.41, 5.74) is 0.0689. The lowest BCUT2D eigenvalue weighted by molar-refractivity contribution is -0.0503. The summed E-state index contributed by atoms with van der Waals surface area (Å²) in [4.78, 5) is 13.8. The number of nitriles is 1. The first-order valence-electron chi connectivity index (χ1n) is 6.19. The molecule has 0 bridgehead atoms. The van der Waals surface area contributed by atoms with Crippen molar-refractivity contribution in [2.24, 2.45) is 0 Å². The average Bonchev–Trinajstić information content (AvgIpc) is 2.38. The molecule has 1 amide bonds. The third kappa shape index (κ3) is 4.19. The van der Waals surface area contributed by atoms with Crippen LogP contribution >= 0.6 is 0 Å². The van der Waals surface area contributed by atoms with E-state index in [1.807, 2.05) is 6.07 Å². The summed E-state index contributed by atoms with van der Waals surface area (Å²) in [6.45, 7) is 0.851. The van der Waals surface area contributed by atoms with Crippen LogP contribution in [0, 0.1) is 11.3 Å². The van der Waals surface area contributed by atoms with Gasteiger partial charge in [0.1, 0.15) is 5.75 Å². The fourth-order valence-corrected chi connectivity index (χ4v) is 1.76. The van der Waals surface area contributed by atoms with Crippen molar-refractivity contribution in [2.75, 3.05) is 6.54 Å². The summed E-state index contributed by atoms with van der Waals surface area (Å²) in [6.07, 6.45) is 0.182. The molecule has 1 aromatic carbocycles. The van der Waals surface area contributed by atoms with Gasteiger partial charge in [0.05, 0.1) is 18.1 Å². The Morgan fingerprint density at radius 1 is 1.40 bits per heavy atom. The number of nitrogens with zero attached hydrogens (tertiary/aromatic N) is 2. The van der Waals surface area contributed by atoms with E-state index in [0.29, 0.717) is 0 Å². The van der Waals surface area contributed by atoms with Crippen molar-refractivity contribution in [3.8, 4) is 11.8 Å². The van der Waals surface area contributed by atoms with E-state index in [2.05, 4.69) is 4.74 Å². The molecule has 0 aliphatic rings. The summed E-state index contributed by atoms with van der Waals surface area (Å²) in [5.74, 6) is -0.582. The second kappa shape index (κ2) is 7.43. The van der Waals surface area contributed by atoms with Crippen molar-refractivity contribution in [2.45, 2.75) is 32.9 Å². The molecule has 0 aromatic heterocycles. The van der Waals surface area contributed by atoms with Crippen LogP contribution < -0.4 is 4.74 Å². The minimum absolute atomic E-state index is 0.0689. The number of hydrogen-bond acceptors (Lipinski definition) is 3. The molecule has 1 aromatic rings. The number of carbonyl (C=O) groups excluding carboxylic acids is 1. The number of ether oxygens (including phenoxy) is 1. The van der Waals surface area contributed by atoms with Crippen molar-refractivity contribution in [3.63, 3.8) is 0 Å². The highest BCUT2D eigenvalue weighted by Gasteiger charge is 2.22. The first kappa shape index (κ1) is 15.9. The number of rotatable bonds is 6. The van der Waals surface area contributed by atoms with Gasteiger partial charge in [0.2, 0.25) is 0 Å². The highest BCUT2D eigenvalue weighted by Crippen LogP contribution is 2.22. The molecule has 0 fully saturated rings. The summed E-state index contributed by atoms with van der Waals surface area (Å²) in [5, 5.41) is 8.61. The van der Waals surface area contributed by atoms with Gasteiger partial charge in [-0.3, -0.25) is 4.79 Å². The van der Waals surface area contributed by atoms with Crippen LogP contribution in [0.2, 0.25) is 0 Å². The van der Waals surface area contributed by atoms with Gasteiger partial charge < -0.3 is 9.64 Å². The third-order valence-electron chi connectivity index (χ3n) is 2.68. The molecule has 0 aliphatic heterocycles. The van der Waals surface area contributed by atoms with E-state index < -0.39 is 12.5 Å². The van der Waals surface area contributed by atoms with Crippen LogP contribution in [0.15, 0.2) is 24.3 Å². The van der Waals surface area contributed by atoms with E-state index in [0.717, 1.165) is 0 Å². The highest BCUT2D eigenvalue weighted by atomic mass is 19.3. The van der Waals surface area contributed by atoms with Crippen LogP contribution in [-0.4, -0.2) is 30.0 Å². The van der Waals surface area contributed by atoms with Crippen LogP contribution in [0.5, 0.6) is 5.75 Å². The van der Waals surface area contributed by atoms with Gasteiger partial charge in [0.15, 0.2) is 0 Å². The van der Waals surface area contributed by atoms with E-state index in [-0.39, 0.29) is 30.3 Å². The molecule has 0 saturated carbocycles. The zero-order valence-electron chi connectivity index (χ0n) is 11.3. The molecule has 0 spiro atoms. The minimum atomic E-state index is -2.99. The molecule has 0 N–H and O–H groups in total. The zero-order chi connectivity index (χ0) is 15.1. The summed E-state index contributed by atoms with van der Waals surface area (Å²) < 4.78 is 29.0. The van der Waals surface area contributed by atoms with E-state index in [1.165, 1.54) is 23.1 Å². The number of benzene rings is 1. The quantitative estimate of drug-likeness (QED) is 0.805. The fraction of sp³-hybridized carbons (Fsp3) is 0.429. The topological polar surface area (TPSA) is 53.3 Å². The van der Waals surface area contributed by atoms with Crippen LogP contribution in [0.1, 0.15) is 30.6 Å². The van der Waals surface area contributed by atoms with E-state index in [1.54, 1.807) is 19.9 Å². The molecular formula is C14H16F2N2O2. The molecule has 4 nitrogen and oxygen atoms in total. The summed E-state index contributed by atoms with van der Waals surface area (Å²) in [7, 11) is 0. The van der Waals surface area contributed by atoms with E-state index in [4.69, 9.17) is 5.26 Å². The minimum Gasteiger partial charge on any atom is -0.434 e. The maximum Gasteiger partial charge on any atom is 0.387 e. The second-order valence-electron chi connectivity index (χ2n) is 4.38. The zero-order valence-corrected chi connectivity index (χ0v) is 11.3. The summed E-state index contributed by atoms with van der Waals surface area (Å²) >= 11 is 0. The number of amides is 1. The number of halogens is 2. The summed E-state index contributed by atoms with van der Waals surface area (Å²) in [6, 6.07) is 7.67. The maximum absolute atomic E-state index is 12.4. The number of carbonyl (C=O) groups is 1. The Labute approximate surface area is 116 Å². The maximum atomic E-state index is 12.4. The first-order valence-corrected chi connectivity index (χ1v) is 6.19. The Morgan fingerprint density at radius 3 is 2.60 bits per heavy atom. The predicted molar refractivity (Wildman–Crippen MR) is 69.5 cm³/mol. The average molecular weight is 282 g/mol. The number of para-hydroxylation sites is 1. The highest BCUT2D eigenvalue weighted by molar-refractivity contribution is 5.97. The van der Waals surface area contributed by atoms with Gasteiger partial charge in [-0.1, -0.05) is 12.1 Å². The number of hydrogen-bond donors (Lipinski definition) is 0. The smallest absolute Gasteiger partial charge is 0.387 e. The lowest BCUT2D eigenvalue weighted by Gasteiger charge is -2.26. The van der Waals surface area contributed by atoms with Crippen molar-refractivity contribution in [1.82, 2.24) is 4.90 Å². The monoisotopic (exact) mass is 282 g/mol. The van der Waals surface area contributed by atoms with Crippen LogP contribution in [0.25, 0.3) is 0 Å². The molecule has 0 atom stereocenters. The van der Waals surface area contributed by atoms with Gasteiger partial charge in [0.25, 0.3) is 5.91 Å². The molecule has 0 radical (unpaired) electrons. The van der Waals surface area contributed by atoms with Crippen molar-refractivity contribution in [1.29, 1.82) is 5.26 Å². The molecule has 6 heteroatoms. The third-order valence-corrected chi connectivity index (χ3v) is 2.68. The van der Waals surface area contributed by atoms with E-state index >= 15 is 0 Å². The Bertz CT molecular complexity index is 498. The lowest BCUT2D eigenvalue weighted by Crippen LogP contribution is -2.37. The molecule has 108 valence electrons. The van der Waals surface area contributed by atoms with E-state index in [9.17, 15) is 13.6 Å². The van der Waals surface area contributed by atoms with Gasteiger partial charge >= 0.3 is 6.61 Å². The van der Waals surface area contributed by atoms with Crippen LogP contribution in [0.4, 0.5) is 8.78 Å². The molecule has 0 unspecified atom stereocenters. The normalized spacial score (nSPS) is 10.4. The van der Waals surface area contributed by atoms with Crippen molar-refractivity contribution < 1.29 is 18.3 Å². The standard InChI is InChI=1S/C14H16F2N2O2/c1-10(2)18(9-5-8-17)13(19)11-6-3-4-7-12(11)20-14(15)16/h3-4,6-7,10,14H,5,9H2,1-2H3. The van der Waals surface area contributed by atoms with Gasteiger partial charge in [-0.15, -0.1) is 0 Å². The largest absolute Gasteiger partial charge is 0.434 e. The Hall–Kier alpha value is -2.16. The molecular weight excluding hydrogens is 266 g/mol. The Balaban J connectivity index is 3.02. The lowest BCUT2D eigenvalue weighted by atomic mass is 10.1. The second-order valence-corrected chi connectivity index (χ2v) is 4.38. The van der Waals surface area contributed by atoms with Crippen LogP contribution in [0.3, 0.4) is 0 Å². The Kier molecular flexibility index (Phi) is 5.91. The SMILES string of the molecule is CC(C)N(CCC#N)C(=O)c1ccccc1OC(F)F. The molecule has 0 heterocycles. The molecule has 0 aliphatic carbocycles. The van der Waals surface area contributed by atoms with Crippen molar-refractivity contribution in [3.05, 3.63) is 29.8 Å².